The Hall–Kier alpha value is -5.41. The van der Waals surface area contributed by atoms with Crippen LogP contribution in [0.15, 0.2) is 51.2 Å². The summed E-state index contributed by atoms with van der Waals surface area (Å²) in [7, 11) is 0. The van der Waals surface area contributed by atoms with Gasteiger partial charge in [-0.05, 0) is 24.6 Å². The number of aromatic hydroxyl groups is 2. The molecule has 18 nitrogen and oxygen atoms in total. The van der Waals surface area contributed by atoms with Crippen molar-refractivity contribution < 1.29 is 44.4 Å². The van der Waals surface area contributed by atoms with Gasteiger partial charge < -0.3 is 36.3 Å². The molecule has 2 aliphatic heterocycles. The van der Waals surface area contributed by atoms with Crippen LogP contribution in [0.2, 0.25) is 0 Å². The van der Waals surface area contributed by atoms with Gasteiger partial charge in [0.05, 0.1) is 6.20 Å². The molecule has 3 aromatic heterocycles. The average Bonchev–Trinajstić information content (AvgIpc) is 3.70. The number of phenols is 2. The molecule has 6 rings (SSSR count). The molecule has 48 heavy (non-hydrogen) atoms. The predicted molar refractivity (Wildman–Crippen MR) is 171 cm³/mol. The van der Waals surface area contributed by atoms with Crippen molar-refractivity contribution in [3.05, 3.63) is 63.6 Å². The minimum atomic E-state index is -1.46. The van der Waals surface area contributed by atoms with Gasteiger partial charge in [0.1, 0.15) is 40.0 Å². The third-order valence-corrected chi connectivity index (χ3v) is 10.2. The Morgan fingerprint density at radius 1 is 1.19 bits per heavy atom. The van der Waals surface area contributed by atoms with Crippen molar-refractivity contribution in [2.75, 3.05) is 17.2 Å². The molecular formula is C27H23N9O9S3. The number of nitrogens with two attached hydrogens (primary N) is 1. The summed E-state index contributed by atoms with van der Waals surface area (Å²) in [6.45, 7) is 1.33. The zero-order valence-corrected chi connectivity index (χ0v) is 26.9. The van der Waals surface area contributed by atoms with E-state index in [4.69, 9.17) is 15.7 Å². The van der Waals surface area contributed by atoms with Crippen molar-refractivity contribution in [1.82, 2.24) is 35.0 Å². The fourth-order valence-corrected chi connectivity index (χ4v) is 7.95. The first kappa shape index (κ1) is 32.5. The number of nitrogen functional groups attached to an aromatic ring is 1. The Morgan fingerprint density at radius 3 is 2.69 bits per heavy atom. The highest BCUT2D eigenvalue weighted by molar-refractivity contribution is 8.01. The molecule has 4 aromatic rings. The van der Waals surface area contributed by atoms with Crippen LogP contribution in [-0.2, 0) is 25.8 Å². The fourth-order valence-electron chi connectivity index (χ4n) is 4.86. The van der Waals surface area contributed by atoms with Crippen molar-refractivity contribution in [3.8, 4) is 11.5 Å². The topological polar surface area (TPSA) is 268 Å². The summed E-state index contributed by atoms with van der Waals surface area (Å²) in [5, 5.41) is 55.2. The number of anilines is 1. The number of aromatic carboxylic acids is 1. The SMILES string of the molecule is Cc1cc(SCC2=C(C(=O)O)N3C(=O)[C@@H](NC(=O)/C(=N\OCc4ccc(C(=O)O)c(O)c4O)c4csc(N)n4)[C@H]3SC2)n2nncc2n1. The third-order valence-electron chi connectivity index (χ3n) is 7.11. The van der Waals surface area contributed by atoms with Crippen LogP contribution in [0.1, 0.15) is 27.3 Å². The van der Waals surface area contributed by atoms with E-state index >= 15 is 0 Å². The monoisotopic (exact) mass is 713 g/mol. The zero-order valence-electron chi connectivity index (χ0n) is 24.4. The molecule has 2 amide bonds. The molecule has 1 saturated heterocycles. The molecule has 248 valence electrons. The third kappa shape index (κ3) is 6.04. The molecular weight excluding hydrogens is 691 g/mol. The van der Waals surface area contributed by atoms with Gasteiger partial charge in [-0.2, -0.15) is 4.52 Å². The average molecular weight is 714 g/mol. The number of aliphatic carboxylic acids is 1. The number of fused-ring (bicyclic) bond motifs is 2. The maximum absolute atomic E-state index is 13.4. The summed E-state index contributed by atoms with van der Waals surface area (Å²) in [6.07, 6.45) is 1.51. The Balaban J connectivity index is 1.18. The number of thioether (sulfide) groups is 2. The minimum Gasteiger partial charge on any atom is -0.504 e. The summed E-state index contributed by atoms with van der Waals surface area (Å²) >= 11 is 3.62. The highest BCUT2D eigenvalue weighted by atomic mass is 32.2. The standard InChI is InChI=1S/C27H23N9O9S3/c1-10-4-16(36-15(30-10)5-29-34-36)46-7-12-8-47-24-18(23(40)35(24)19(12)26(43)44)32-22(39)17(14-9-48-27(28)31-14)33-45-6-11-2-3-13(25(41)42)21(38)20(11)37/h2-5,9,18,24,37-38H,6-8H2,1H3,(H2,28,31)(H,32,39)(H,41,42)(H,43,44)/b33-17-/t18-,24-/m1/s1. The van der Waals surface area contributed by atoms with Crippen LogP contribution in [0.3, 0.4) is 0 Å². The van der Waals surface area contributed by atoms with Crippen LogP contribution < -0.4 is 11.1 Å². The van der Waals surface area contributed by atoms with E-state index in [1.165, 1.54) is 45.7 Å². The van der Waals surface area contributed by atoms with Crippen LogP contribution in [0.5, 0.6) is 11.5 Å². The zero-order chi connectivity index (χ0) is 34.3. The van der Waals surface area contributed by atoms with Crippen LogP contribution in [-0.4, -0.2) is 103 Å². The van der Waals surface area contributed by atoms with Gasteiger partial charge in [-0.1, -0.05) is 16.4 Å². The number of nitrogens with zero attached hydrogens (tertiary/aromatic N) is 7. The van der Waals surface area contributed by atoms with E-state index < -0.39 is 58.8 Å². The molecule has 2 aliphatic rings. The second-order valence-electron chi connectivity index (χ2n) is 10.2. The van der Waals surface area contributed by atoms with Crippen molar-refractivity contribution in [2.24, 2.45) is 5.16 Å². The highest BCUT2D eigenvalue weighted by Crippen LogP contribution is 2.42. The first-order chi connectivity index (χ1) is 22.9. The van der Waals surface area contributed by atoms with Gasteiger partial charge in [0, 0.05) is 28.1 Å². The van der Waals surface area contributed by atoms with Crippen molar-refractivity contribution in [1.29, 1.82) is 0 Å². The fraction of sp³-hybridized carbons (Fsp3) is 0.222. The number of thiazole rings is 1. The van der Waals surface area contributed by atoms with Gasteiger partial charge in [0.25, 0.3) is 11.8 Å². The number of benzene rings is 1. The van der Waals surface area contributed by atoms with E-state index in [0.29, 0.717) is 16.2 Å². The number of carbonyl (C=O) groups is 4. The maximum Gasteiger partial charge on any atom is 0.352 e. The molecule has 5 heterocycles. The number of rotatable bonds is 11. The number of carbonyl (C=O) groups excluding carboxylic acids is 2. The van der Waals surface area contributed by atoms with E-state index in [9.17, 15) is 34.5 Å². The van der Waals surface area contributed by atoms with Crippen LogP contribution in [0.25, 0.3) is 5.65 Å². The molecule has 0 bridgehead atoms. The Bertz CT molecular complexity index is 2060. The van der Waals surface area contributed by atoms with Crippen molar-refractivity contribution >= 4 is 75.1 Å². The number of amides is 2. The van der Waals surface area contributed by atoms with E-state index in [-0.39, 0.29) is 39.3 Å². The molecule has 7 N–H and O–H groups in total. The summed E-state index contributed by atoms with van der Waals surface area (Å²) < 4.78 is 1.54. The molecule has 2 atom stereocenters. The second-order valence-corrected chi connectivity index (χ2v) is 13.2. The quantitative estimate of drug-likeness (QED) is 0.0316. The lowest BCUT2D eigenvalue weighted by molar-refractivity contribution is -0.150. The molecule has 0 radical (unpaired) electrons. The van der Waals surface area contributed by atoms with E-state index in [1.54, 1.807) is 6.07 Å². The molecule has 1 aromatic carbocycles. The lowest BCUT2D eigenvalue weighted by Gasteiger charge is -2.49. The minimum absolute atomic E-state index is 0.0153. The van der Waals surface area contributed by atoms with Crippen molar-refractivity contribution in [2.45, 2.75) is 30.0 Å². The van der Waals surface area contributed by atoms with E-state index in [0.717, 1.165) is 28.0 Å². The Labute approximate surface area is 281 Å². The summed E-state index contributed by atoms with van der Waals surface area (Å²) in [6, 6.07) is 2.95. The lowest BCUT2D eigenvalue weighted by atomic mass is 10.0. The molecule has 0 spiro atoms. The smallest absolute Gasteiger partial charge is 0.352 e. The normalized spacial score (nSPS) is 17.6. The summed E-state index contributed by atoms with van der Waals surface area (Å²) in [4.78, 5) is 65.1. The molecule has 0 saturated carbocycles. The number of β-lactam (4-membered cyclic amide) rings is 1. The lowest BCUT2D eigenvalue weighted by Crippen LogP contribution is -2.71. The molecule has 1 fully saturated rings. The van der Waals surface area contributed by atoms with Crippen LogP contribution >= 0.6 is 34.9 Å². The number of aromatic nitrogens is 5. The van der Waals surface area contributed by atoms with Gasteiger partial charge >= 0.3 is 11.9 Å². The number of oxime groups is 1. The molecule has 0 aliphatic carbocycles. The molecule has 0 unspecified atom stereocenters. The maximum atomic E-state index is 13.4. The number of hydrogen-bond donors (Lipinski definition) is 6. The number of carboxylic acids is 2. The van der Waals surface area contributed by atoms with Crippen LogP contribution in [0.4, 0.5) is 5.13 Å². The van der Waals surface area contributed by atoms with E-state index in [2.05, 4.69) is 30.8 Å². The number of aryl methyl sites for hydroxylation is 1. The Morgan fingerprint density at radius 2 is 1.98 bits per heavy atom. The van der Waals surface area contributed by atoms with Crippen molar-refractivity contribution in [3.63, 3.8) is 0 Å². The summed E-state index contributed by atoms with van der Waals surface area (Å²) in [5.41, 5.74) is 6.44. The number of phenolic OH excluding ortho intramolecular Hbond substituents is 1. The van der Waals surface area contributed by atoms with Gasteiger partial charge in [-0.15, -0.1) is 40.0 Å². The first-order valence-corrected chi connectivity index (χ1v) is 16.6. The second kappa shape index (κ2) is 13.0. The van der Waals surface area contributed by atoms with Gasteiger partial charge in [0.15, 0.2) is 28.0 Å². The number of hydrogen-bond acceptors (Lipinski definition) is 16. The predicted octanol–water partition coefficient (Wildman–Crippen LogP) is 1.03. The first-order valence-electron chi connectivity index (χ1n) is 13.6. The molecule has 21 heteroatoms. The number of nitrogens with one attached hydrogen (secondary N) is 1. The van der Waals surface area contributed by atoms with Gasteiger partial charge in [0.2, 0.25) is 0 Å². The van der Waals surface area contributed by atoms with E-state index in [1.807, 2.05) is 6.92 Å². The largest absolute Gasteiger partial charge is 0.504 e. The highest BCUT2D eigenvalue weighted by Gasteiger charge is 2.54. The number of carboxylic acid groups (broad SMARTS) is 2. The van der Waals surface area contributed by atoms with Crippen LogP contribution in [0, 0.1) is 6.92 Å². The van der Waals surface area contributed by atoms with Gasteiger partial charge in [-0.25, -0.2) is 19.6 Å². The summed E-state index contributed by atoms with van der Waals surface area (Å²) in [5.74, 6) is -5.36. The Kier molecular flexibility index (Phi) is 8.81. The van der Waals surface area contributed by atoms with Gasteiger partial charge in [-0.3, -0.25) is 14.5 Å².